The van der Waals surface area contributed by atoms with Gasteiger partial charge in [-0.2, -0.15) is 0 Å². The lowest BCUT2D eigenvalue weighted by Gasteiger charge is -2.13. The van der Waals surface area contributed by atoms with E-state index < -0.39 is 0 Å². The van der Waals surface area contributed by atoms with E-state index in [4.69, 9.17) is 5.84 Å². The van der Waals surface area contributed by atoms with Gasteiger partial charge in [0, 0.05) is 9.79 Å². The van der Waals surface area contributed by atoms with Gasteiger partial charge in [0.1, 0.15) is 0 Å². The van der Waals surface area contributed by atoms with Crippen LogP contribution in [0.5, 0.6) is 0 Å². The fraction of sp³-hybridized carbons (Fsp3) is 0.176. The van der Waals surface area contributed by atoms with E-state index in [2.05, 4.69) is 49.3 Å². The standard InChI is InChI=1S/C17H20N2S/c1-3-8-13(2)14-9-4-6-11-16(14)20-17-12-7-5-10-15(17)19-18/h4-7,9-12,19H,2-3,8,18H2,1H3. The summed E-state index contributed by atoms with van der Waals surface area (Å²) in [4.78, 5) is 2.33. The van der Waals surface area contributed by atoms with E-state index in [1.807, 2.05) is 18.2 Å². The van der Waals surface area contributed by atoms with Crippen molar-refractivity contribution < 1.29 is 0 Å². The molecule has 2 aromatic rings. The molecule has 0 aliphatic heterocycles. The summed E-state index contributed by atoms with van der Waals surface area (Å²) in [7, 11) is 0. The summed E-state index contributed by atoms with van der Waals surface area (Å²) in [6, 6.07) is 16.4. The Morgan fingerprint density at radius 3 is 2.45 bits per heavy atom. The van der Waals surface area contributed by atoms with E-state index in [0.29, 0.717) is 0 Å². The molecule has 104 valence electrons. The Hall–Kier alpha value is -1.71. The van der Waals surface area contributed by atoms with Crippen LogP contribution in [0.2, 0.25) is 0 Å². The van der Waals surface area contributed by atoms with Crippen LogP contribution in [0.3, 0.4) is 0 Å². The number of hydrazine groups is 1. The molecular formula is C17H20N2S. The molecule has 2 nitrogen and oxygen atoms in total. The summed E-state index contributed by atoms with van der Waals surface area (Å²) in [6.45, 7) is 6.38. The lowest BCUT2D eigenvalue weighted by molar-refractivity contribution is 0.971. The molecule has 0 heterocycles. The zero-order valence-corrected chi connectivity index (χ0v) is 12.5. The Balaban J connectivity index is 2.32. The first kappa shape index (κ1) is 14.7. The molecule has 0 amide bonds. The third-order valence-electron chi connectivity index (χ3n) is 3.08. The molecule has 0 aromatic heterocycles. The van der Waals surface area contributed by atoms with Crippen molar-refractivity contribution in [3.63, 3.8) is 0 Å². The van der Waals surface area contributed by atoms with Crippen LogP contribution in [-0.2, 0) is 0 Å². The zero-order valence-electron chi connectivity index (χ0n) is 11.7. The second kappa shape index (κ2) is 7.17. The van der Waals surface area contributed by atoms with Gasteiger partial charge in [0.15, 0.2) is 0 Å². The van der Waals surface area contributed by atoms with Crippen molar-refractivity contribution in [2.24, 2.45) is 5.84 Å². The largest absolute Gasteiger partial charge is 0.323 e. The van der Waals surface area contributed by atoms with Gasteiger partial charge in [-0.05, 0) is 35.8 Å². The Labute approximate surface area is 125 Å². The summed E-state index contributed by atoms with van der Waals surface area (Å²) >= 11 is 1.72. The summed E-state index contributed by atoms with van der Waals surface area (Å²) in [5.74, 6) is 5.57. The molecule has 3 N–H and O–H groups in total. The molecule has 2 aromatic carbocycles. The predicted molar refractivity (Wildman–Crippen MR) is 88.8 cm³/mol. The number of hydrogen-bond donors (Lipinski definition) is 2. The van der Waals surface area contributed by atoms with Gasteiger partial charge in [-0.1, -0.05) is 62.0 Å². The number of anilines is 1. The molecule has 0 aliphatic rings. The van der Waals surface area contributed by atoms with Gasteiger partial charge in [0.25, 0.3) is 0 Å². The highest BCUT2D eigenvalue weighted by Gasteiger charge is 2.08. The molecule has 20 heavy (non-hydrogen) atoms. The van der Waals surface area contributed by atoms with Gasteiger partial charge < -0.3 is 5.43 Å². The first-order valence-electron chi connectivity index (χ1n) is 6.77. The number of rotatable bonds is 6. The summed E-state index contributed by atoms with van der Waals surface area (Å²) in [5, 5.41) is 0. The monoisotopic (exact) mass is 284 g/mol. The fourth-order valence-electron chi connectivity index (χ4n) is 2.08. The van der Waals surface area contributed by atoms with E-state index in [1.54, 1.807) is 11.8 Å². The third kappa shape index (κ3) is 3.44. The van der Waals surface area contributed by atoms with E-state index in [-0.39, 0.29) is 0 Å². The number of nitrogens with two attached hydrogens (primary N) is 1. The normalized spacial score (nSPS) is 10.3. The smallest absolute Gasteiger partial charge is 0.0624 e. The first-order valence-corrected chi connectivity index (χ1v) is 7.58. The molecular weight excluding hydrogens is 264 g/mol. The van der Waals surface area contributed by atoms with Crippen molar-refractivity contribution >= 4 is 23.0 Å². The molecule has 0 unspecified atom stereocenters. The second-order valence-corrected chi connectivity index (χ2v) is 5.68. The van der Waals surface area contributed by atoms with Crippen molar-refractivity contribution in [1.82, 2.24) is 0 Å². The maximum atomic E-state index is 5.57. The van der Waals surface area contributed by atoms with Crippen LogP contribution in [0, 0.1) is 0 Å². The lowest BCUT2D eigenvalue weighted by Crippen LogP contribution is -2.07. The van der Waals surface area contributed by atoms with Crippen LogP contribution in [0.4, 0.5) is 5.69 Å². The topological polar surface area (TPSA) is 38.0 Å². The number of benzene rings is 2. The van der Waals surface area contributed by atoms with Crippen LogP contribution in [0.25, 0.3) is 5.57 Å². The quantitative estimate of drug-likeness (QED) is 0.583. The molecule has 0 saturated carbocycles. The maximum Gasteiger partial charge on any atom is 0.0624 e. The van der Waals surface area contributed by atoms with Crippen molar-refractivity contribution in [1.29, 1.82) is 0 Å². The second-order valence-electron chi connectivity index (χ2n) is 4.59. The molecule has 0 fully saturated rings. The van der Waals surface area contributed by atoms with Gasteiger partial charge in [0.05, 0.1) is 5.69 Å². The van der Waals surface area contributed by atoms with E-state index in [0.717, 1.165) is 23.4 Å². The predicted octanol–water partition coefficient (Wildman–Crippen LogP) is 4.94. The molecule has 0 bridgehead atoms. The number of nitrogen functional groups attached to an aromatic ring is 1. The third-order valence-corrected chi connectivity index (χ3v) is 4.23. The van der Waals surface area contributed by atoms with Crippen molar-refractivity contribution in [3.8, 4) is 0 Å². The first-order chi connectivity index (χ1) is 9.76. The van der Waals surface area contributed by atoms with E-state index in [1.165, 1.54) is 16.0 Å². The van der Waals surface area contributed by atoms with Crippen LogP contribution >= 0.6 is 11.8 Å². The number of para-hydroxylation sites is 1. The molecule has 2 rings (SSSR count). The van der Waals surface area contributed by atoms with Gasteiger partial charge in [-0.15, -0.1) is 0 Å². The summed E-state index contributed by atoms with van der Waals surface area (Å²) in [5.41, 5.74) is 6.10. The molecule has 0 saturated heterocycles. The minimum Gasteiger partial charge on any atom is -0.323 e. The maximum absolute atomic E-state index is 5.57. The van der Waals surface area contributed by atoms with Crippen molar-refractivity contribution in [3.05, 3.63) is 60.7 Å². The van der Waals surface area contributed by atoms with Gasteiger partial charge >= 0.3 is 0 Å². The fourth-order valence-corrected chi connectivity index (χ4v) is 3.17. The Kier molecular flexibility index (Phi) is 5.27. The number of nitrogens with one attached hydrogen (secondary N) is 1. The van der Waals surface area contributed by atoms with E-state index >= 15 is 0 Å². The number of allylic oxidation sites excluding steroid dienone is 1. The van der Waals surface area contributed by atoms with Gasteiger partial charge in [0.2, 0.25) is 0 Å². The minimum atomic E-state index is 0.938. The van der Waals surface area contributed by atoms with Crippen LogP contribution in [0.1, 0.15) is 25.3 Å². The van der Waals surface area contributed by atoms with Crippen LogP contribution in [0.15, 0.2) is 64.9 Å². The molecule has 0 spiro atoms. The highest BCUT2D eigenvalue weighted by atomic mass is 32.2. The molecule has 0 aliphatic carbocycles. The van der Waals surface area contributed by atoms with Crippen molar-refractivity contribution in [2.75, 3.05) is 5.43 Å². The molecule has 3 heteroatoms. The molecule has 0 atom stereocenters. The highest BCUT2D eigenvalue weighted by molar-refractivity contribution is 7.99. The SMILES string of the molecule is C=C(CCC)c1ccccc1Sc1ccccc1NN. The highest BCUT2D eigenvalue weighted by Crippen LogP contribution is 2.37. The van der Waals surface area contributed by atoms with Crippen LogP contribution < -0.4 is 11.3 Å². The molecule has 0 radical (unpaired) electrons. The Bertz CT molecular complexity index is 593. The van der Waals surface area contributed by atoms with Gasteiger partial charge in [-0.3, -0.25) is 5.84 Å². The minimum absolute atomic E-state index is 0.938. The Morgan fingerprint density at radius 2 is 1.75 bits per heavy atom. The van der Waals surface area contributed by atoms with Crippen molar-refractivity contribution in [2.45, 2.75) is 29.6 Å². The Morgan fingerprint density at radius 1 is 1.10 bits per heavy atom. The summed E-state index contributed by atoms with van der Waals surface area (Å²) in [6.07, 6.45) is 2.13. The van der Waals surface area contributed by atoms with E-state index in [9.17, 15) is 0 Å². The van der Waals surface area contributed by atoms with Gasteiger partial charge in [-0.25, -0.2) is 0 Å². The van der Waals surface area contributed by atoms with Crippen LogP contribution in [-0.4, -0.2) is 0 Å². The average molecular weight is 284 g/mol. The number of hydrogen-bond acceptors (Lipinski definition) is 3. The average Bonchev–Trinajstić information content (AvgIpc) is 2.48. The zero-order chi connectivity index (χ0) is 14.4. The summed E-state index contributed by atoms with van der Waals surface area (Å²) < 4.78 is 0. The lowest BCUT2D eigenvalue weighted by atomic mass is 10.0.